The Kier molecular flexibility index (Phi) is 9.70. The van der Waals surface area contributed by atoms with Gasteiger partial charge in [0, 0.05) is 34.8 Å². The van der Waals surface area contributed by atoms with Crippen LogP contribution in [-0.2, 0) is 26.2 Å². The maximum absolute atomic E-state index is 13.6. The second kappa shape index (κ2) is 11.9. The van der Waals surface area contributed by atoms with Gasteiger partial charge in [-0.05, 0) is 51.0 Å². The predicted octanol–water partition coefficient (Wildman–Crippen LogP) is 3.92. The molecule has 1 atom stereocenters. The van der Waals surface area contributed by atoms with E-state index in [1.54, 1.807) is 32.9 Å². The largest absolute Gasteiger partial charge is 0.352 e. The molecule has 0 spiro atoms. The average Bonchev–Trinajstić information content (AvgIpc) is 2.75. The van der Waals surface area contributed by atoms with Crippen molar-refractivity contribution >= 4 is 56.4 Å². The standard InChI is InChI=1S/C23H28Cl2N4O6S/c1-14(2)26-23(31)16(4)27(12-17-7-8-18(24)10-20(17)25)22(30)13-28(36(5,34)35)21-11-19(29(32)33)9-6-15(21)3/h6-11,14,16H,12-13H2,1-5H3,(H,26,31). The van der Waals surface area contributed by atoms with Crippen molar-refractivity contribution in [3.05, 3.63) is 67.7 Å². The molecule has 0 aromatic heterocycles. The number of amides is 2. The summed E-state index contributed by atoms with van der Waals surface area (Å²) in [5.41, 5.74) is 0.572. The van der Waals surface area contributed by atoms with Crippen LogP contribution in [0.15, 0.2) is 36.4 Å². The minimum Gasteiger partial charge on any atom is -0.352 e. The molecule has 0 saturated heterocycles. The fourth-order valence-electron chi connectivity index (χ4n) is 3.40. The zero-order valence-electron chi connectivity index (χ0n) is 20.5. The highest BCUT2D eigenvalue weighted by Crippen LogP contribution is 2.28. The van der Waals surface area contributed by atoms with Crippen LogP contribution < -0.4 is 9.62 Å². The van der Waals surface area contributed by atoms with Gasteiger partial charge in [0.15, 0.2) is 0 Å². The number of rotatable bonds is 10. The lowest BCUT2D eigenvalue weighted by Crippen LogP contribution is -2.52. The highest BCUT2D eigenvalue weighted by atomic mass is 35.5. The molecule has 13 heteroatoms. The van der Waals surface area contributed by atoms with Gasteiger partial charge in [0.1, 0.15) is 12.6 Å². The van der Waals surface area contributed by atoms with Gasteiger partial charge in [0.05, 0.1) is 16.9 Å². The number of hydrogen-bond donors (Lipinski definition) is 1. The molecule has 2 rings (SSSR count). The van der Waals surface area contributed by atoms with E-state index in [1.807, 2.05) is 0 Å². The van der Waals surface area contributed by atoms with Crippen molar-refractivity contribution in [2.24, 2.45) is 0 Å². The SMILES string of the molecule is Cc1ccc([N+](=O)[O-])cc1N(CC(=O)N(Cc1ccc(Cl)cc1Cl)C(C)C(=O)NC(C)C)S(C)(=O)=O. The number of nitro benzene ring substituents is 1. The van der Waals surface area contributed by atoms with E-state index in [-0.39, 0.29) is 29.0 Å². The van der Waals surface area contributed by atoms with Gasteiger partial charge >= 0.3 is 0 Å². The lowest BCUT2D eigenvalue weighted by Gasteiger charge is -2.32. The summed E-state index contributed by atoms with van der Waals surface area (Å²) in [6.45, 7) is 5.83. The van der Waals surface area contributed by atoms with E-state index in [2.05, 4.69) is 5.32 Å². The Balaban J connectivity index is 2.52. The van der Waals surface area contributed by atoms with Crippen molar-refractivity contribution in [1.29, 1.82) is 0 Å². The first-order chi connectivity index (χ1) is 16.6. The number of hydrogen-bond acceptors (Lipinski definition) is 6. The Morgan fingerprint density at radius 1 is 1.11 bits per heavy atom. The van der Waals surface area contributed by atoms with Crippen LogP contribution in [0.2, 0.25) is 10.0 Å². The lowest BCUT2D eigenvalue weighted by atomic mass is 10.1. The summed E-state index contributed by atoms with van der Waals surface area (Å²) in [4.78, 5) is 38.2. The first-order valence-corrected chi connectivity index (χ1v) is 13.5. The molecule has 0 aliphatic rings. The molecule has 1 N–H and O–H groups in total. The van der Waals surface area contributed by atoms with Gasteiger partial charge in [0.2, 0.25) is 21.8 Å². The van der Waals surface area contributed by atoms with Gasteiger partial charge in [-0.1, -0.05) is 35.3 Å². The molecule has 2 aromatic carbocycles. The van der Waals surface area contributed by atoms with Crippen LogP contribution in [0.5, 0.6) is 0 Å². The number of sulfonamides is 1. The molecule has 0 fully saturated rings. The smallest absolute Gasteiger partial charge is 0.271 e. The van der Waals surface area contributed by atoms with Crippen molar-refractivity contribution in [3.63, 3.8) is 0 Å². The third-order valence-corrected chi connectivity index (χ3v) is 7.02. The Bertz CT molecular complexity index is 1270. The first-order valence-electron chi connectivity index (χ1n) is 10.9. The predicted molar refractivity (Wildman–Crippen MR) is 140 cm³/mol. The monoisotopic (exact) mass is 558 g/mol. The molecule has 196 valence electrons. The van der Waals surface area contributed by atoms with Crippen LogP contribution in [0.3, 0.4) is 0 Å². The minimum absolute atomic E-state index is 0.0104. The number of aryl methyl sites for hydroxylation is 1. The number of carbonyl (C=O) groups is 2. The summed E-state index contributed by atoms with van der Waals surface area (Å²) < 4.78 is 26.2. The van der Waals surface area contributed by atoms with E-state index >= 15 is 0 Å². The lowest BCUT2D eigenvalue weighted by molar-refractivity contribution is -0.384. The molecular formula is C23H28Cl2N4O6S. The number of non-ortho nitro benzene ring substituents is 1. The van der Waals surface area contributed by atoms with E-state index in [0.717, 1.165) is 16.6 Å². The van der Waals surface area contributed by atoms with Crippen molar-refractivity contribution in [3.8, 4) is 0 Å². The highest BCUT2D eigenvalue weighted by Gasteiger charge is 2.31. The molecule has 0 heterocycles. The maximum Gasteiger partial charge on any atom is 0.271 e. The van der Waals surface area contributed by atoms with Gasteiger partial charge < -0.3 is 10.2 Å². The van der Waals surface area contributed by atoms with E-state index < -0.39 is 39.3 Å². The van der Waals surface area contributed by atoms with Gasteiger partial charge in [-0.15, -0.1) is 0 Å². The topological polar surface area (TPSA) is 130 Å². The number of anilines is 1. The third kappa shape index (κ3) is 7.55. The number of nitro groups is 1. The Hall–Kier alpha value is -2.89. The Labute approximate surface area is 220 Å². The average molecular weight is 559 g/mol. The first kappa shape index (κ1) is 29.3. The molecule has 0 aliphatic heterocycles. The summed E-state index contributed by atoms with van der Waals surface area (Å²) >= 11 is 12.3. The summed E-state index contributed by atoms with van der Waals surface area (Å²) in [6.07, 6.45) is 0.897. The van der Waals surface area contributed by atoms with E-state index in [9.17, 15) is 28.1 Å². The number of carbonyl (C=O) groups excluding carboxylic acids is 2. The van der Waals surface area contributed by atoms with Crippen LogP contribution in [0, 0.1) is 17.0 Å². The Morgan fingerprint density at radius 2 is 1.75 bits per heavy atom. The van der Waals surface area contributed by atoms with Crippen molar-refractivity contribution in [1.82, 2.24) is 10.2 Å². The van der Waals surface area contributed by atoms with Crippen LogP contribution in [0.25, 0.3) is 0 Å². The van der Waals surface area contributed by atoms with Crippen LogP contribution in [0.4, 0.5) is 11.4 Å². The molecule has 0 saturated carbocycles. The zero-order chi connectivity index (χ0) is 27.4. The number of benzene rings is 2. The highest BCUT2D eigenvalue weighted by molar-refractivity contribution is 7.92. The third-order valence-electron chi connectivity index (χ3n) is 5.31. The number of halogens is 2. The van der Waals surface area contributed by atoms with Crippen LogP contribution in [0.1, 0.15) is 31.9 Å². The van der Waals surface area contributed by atoms with Crippen LogP contribution >= 0.6 is 23.2 Å². The second-order valence-electron chi connectivity index (χ2n) is 8.59. The normalized spacial score (nSPS) is 12.2. The van der Waals surface area contributed by atoms with Crippen molar-refractivity contribution in [2.45, 2.75) is 46.3 Å². The maximum atomic E-state index is 13.6. The number of nitrogens with one attached hydrogen (secondary N) is 1. The fraction of sp³-hybridized carbons (Fsp3) is 0.391. The summed E-state index contributed by atoms with van der Waals surface area (Å²) in [6, 6.07) is 7.24. The minimum atomic E-state index is -4.04. The van der Waals surface area contributed by atoms with E-state index in [0.29, 0.717) is 16.1 Å². The molecular weight excluding hydrogens is 531 g/mol. The molecule has 0 bridgehead atoms. The van der Waals surface area contributed by atoms with Crippen LogP contribution in [-0.4, -0.2) is 54.9 Å². The van der Waals surface area contributed by atoms with Crippen molar-refractivity contribution in [2.75, 3.05) is 17.1 Å². The molecule has 2 aromatic rings. The Morgan fingerprint density at radius 3 is 2.28 bits per heavy atom. The van der Waals surface area contributed by atoms with E-state index in [4.69, 9.17) is 23.2 Å². The van der Waals surface area contributed by atoms with Gasteiger partial charge in [-0.3, -0.25) is 24.0 Å². The molecule has 0 aliphatic carbocycles. The van der Waals surface area contributed by atoms with Gasteiger partial charge in [0.25, 0.3) is 5.69 Å². The molecule has 2 amide bonds. The summed E-state index contributed by atoms with van der Waals surface area (Å²) in [5, 5.41) is 14.7. The molecule has 1 unspecified atom stereocenters. The molecule has 0 radical (unpaired) electrons. The van der Waals surface area contributed by atoms with E-state index in [1.165, 1.54) is 30.0 Å². The second-order valence-corrected chi connectivity index (χ2v) is 11.3. The molecule has 10 nitrogen and oxygen atoms in total. The fourth-order valence-corrected chi connectivity index (χ4v) is 4.76. The number of nitrogens with zero attached hydrogens (tertiary/aromatic N) is 3. The summed E-state index contributed by atoms with van der Waals surface area (Å²) in [5.74, 6) is -1.15. The summed E-state index contributed by atoms with van der Waals surface area (Å²) in [7, 11) is -4.04. The zero-order valence-corrected chi connectivity index (χ0v) is 22.8. The van der Waals surface area contributed by atoms with Gasteiger partial charge in [-0.25, -0.2) is 8.42 Å². The van der Waals surface area contributed by atoms with Gasteiger partial charge in [-0.2, -0.15) is 0 Å². The quantitative estimate of drug-likeness (QED) is 0.347. The molecule has 36 heavy (non-hydrogen) atoms. The van der Waals surface area contributed by atoms with Crippen molar-refractivity contribution < 1.29 is 22.9 Å².